The smallest absolute Gasteiger partial charge is 0.123 e. The molecule has 0 aromatic carbocycles. The summed E-state index contributed by atoms with van der Waals surface area (Å²) in [7, 11) is 2.07. The molecule has 0 atom stereocenters. The van der Waals surface area contributed by atoms with Crippen LogP contribution < -0.4 is 10.2 Å². The fourth-order valence-corrected chi connectivity index (χ4v) is 2.17. The molecule has 0 saturated heterocycles. The molecule has 2 heterocycles. The van der Waals surface area contributed by atoms with Gasteiger partial charge in [0, 0.05) is 25.8 Å². The Morgan fingerprint density at radius 1 is 1.42 bits per heavy atom. The van der Waals surface area contributed by atoms with E-state index in [2.05, 4.69) is 28.3 Å². The Labute approximate surface area is 113 Å². The highest BCUT2D eigenvalue weighted by atomic mass is 16.3. The number of hydrogen-bond acceptors (Lipinski definition) is 4. The van der Waals surface area contributed by atoms with Gasteiger partial charge in [0.1, 0.15) is 5.76 Å². The summed E-state index contributed by atoms with van der Waals surface area (Å²) in [5.74, 6) is 0.965. The SMILES string of the molecule is CN(Cc1ccco1)c1cnccc1CNC1CC1. The van der Waals surface area contributed by atoms with Crippen LogP contribution in [-0.2, 0) is 13.1 Å². The molecular weight excluding hydrogens is 238 g/mol. The third-order valence-corrected chi connectivity index (χ3v) is 3.43. The van der Waals surface area contributed by atoms with Gasteiger partial charge in [0.15, 0.2) is 0 Å². The Morgan fingerprint density at radius 3 is 3.05 bits per heavy atom. The molecule has 4 heteroatoms. The number of hydrogen-bond donors (Lipinski definition) is 1. The van der Waals surface area contributed by atoms with Gasteiger partial charge in [-0.1, -0.05) is 0 Å². The molecule has 1 fully saturated rings. The molecule has 1 N–H and O–H groups in total. The first-order valence-electron chi connectivity index (χ1n) is 6.73. The third kappa shape index (κ3) is 3.15. The van der Waals surface area contributed by atoms with Gasteiger partial charge in [-0.25, -0.2) is 0 Å². The standard InChI is InChI=1S/C15H19N3O/c1-18(11-14-3-2-8-19-14)15-10-16-7-6-12(15)9-17-13-4-5-13/h2-3,6-8,10,13,17H,4-5,9,11H2,1H3. The van der Waals surface area contributed by atoms with Gasteiger partial charge in [-0.05, 0) is 36.6 Å². The number of anilines is 1. The highest BCUT2D eigenvalue weighted by Gasteiger charge is 2.20. The Kier molecular flexibility index (Phi) is 3.51. The van der Waals surface area contributed by atoms with E-state index in [0.29, 0.717) is 0 Å². The summed E-state index contributed by atoms with van der Waals surface area (Å²) in [5, 5.41) is 3.55. The van der Waals surface area contributed by atoms with E-state index in [9.17, 15) is 0 Å². The minimum atomic E-state index is 0.719. The quantitative estimate of drug-likeness (QED) is 0.863. The fourth-order valence-electron chi connectivity index (χ4n) is 2.17. The first-order valence-corrected chi connectivity index (χ1v) is 6.73. The zero-order valence-electron chi connectivity index (χ0n) is 11.2. The lowest BCUT2D eigenvalue weighted by molar-refractivity contribution is 0.507. The summed E-state index contributed by atoms with van der Waals surface area (Å²) in [6.07, 6.45) is 8.11. The normalized spacial score (nSPS) is 14.6. The van der Waals surface area contributed by atoms with E-state index >= 15 is 0 Å². The van der Waals surface area contributed by atoms with Crippen LogP contribution in [0.15, 0.2) is 41.3 Å². The Hall–Kier alpha value is -1.81. The molecule has 2 aromatic heterocycles. The maximum Gasteiger partial charge on any atom is 0.123 e. The summed E-state index contributed by atoms with van der Waals surface area (Å²) in [5.41, 5.74) is 2.45. The first kappa shape index (κ1) is 12.2. The number of nitrogens with zero attached hydrogens (tertiary/aromatic N) is 2. The lowest BCUT2D eigenvalue weighted by Gasteiger charge is -2.21. The maximum atomic E-state index is 5.40. The van der Waals surface area contributed by atoms with Crippen molar-refractivity contribution in [2.24, 2.45) is 0 Å². The Bertz CT molecular complexity index is 520. The average Bonchev–Trinajstić information content (AvgIpc) is 3.13. The van der Waals surface area contributed by atoms with E-state index in [0.717, 1.165) is 30.6 Å². The van der Waals surface area contributed by atoms with E-state index in [1.165, 1.54) is 18.4 Å². The molecule has 0 unspecified atom stereocenters. The predicted molar refractivity (Wildman–Crippen MR) is 74.9 cm³/mol. The molecule has 0 bridgehead atoms. The number of rotatable bonds is 6. The van der Waals surface area contributed by atoms with E-state index in [4.69, 9.17) is 4.42 Å². The van der Waals surface area contributed by atoms with Crippen LogP contribution in [0, 0.1) is 0 Å². The number of pyridine rings is 1. The van der Waals surface area contributed by atoms with Crippen molar-refractivity contribution in [2.45, 2.75) is 32.0 Å². The monoisotopic (exact) mass is 257 g/mol. The van der Waals surface area contributed by atoms with Crippen LogP contribution in [0.4, 0.5) is 5.69 Å². The lowest BCUT2D eigenvalue weighted by Crippen LogP contribution is -2.21. The number of furan rings is 1. The van der Waals surface area contributed by atoms with Gasteiger partial charge >= 0.3 is 0 Å². The van der Waals surface area contributed by atoms with Gasteiger partial charge in [-0.2, -0.15) is 0 Å². The van der Waals surface area contributed by atoms with Crippen molar-refractivity contribution < 1.29 is 4.42 Å². The van der Waals surface area contributed by atoms with Crippen molar-refractivity contribution in [1.82, 2.24) is 10.3 Å². The summed E-state index contributed by atoms with van der Waals surface area (Å²) in [4.78, 5) is 6.41. The van der Waals surface area contributed by atoms with Crippen LogP contribution in [0.25, 0.3) is 0 Å². The molecule has 0 aliphatic heterocycles. The molecule has 1 aliphatic carbocycles. The molecule has 1 aliphatic rings. The minimum Gasteiger partial charge on any atom is -0.467 e. The number of nitrogens with one attached hydrogen (secondary N) is 1. The van der Waals surface area contributed by atoms with Gasteiger partial charge in [0.25, 0.3) is 0 Å². The summed E-state index contributed by atoms with van der Waals surface area (Å²) in [6, 6.07) is 6.72. The van der Waals surface area contributed by atoms with Gasteiger partial charge in [-0.15, -0.1) is 0 Å². The number of aromatic nitrogens is 1. The van der Waals surface area contributed by atoms with Crippen LogP contribution in [-0.4, -0.2) is 18.1 Å². The molecule has 2 aromatic rings. The zero-order chi connectivity index (χ0) is 13.1. The van der Waals surface area contributed by atoms with E-state index in [1.807, 2.05) is 24.5 Å². The predicted octanol–water partition coefficient (Wildman–Crippen LogP) is 2.56. The van der Waals surface area contributed by atoms with Gasteiger partial charge in [0.05, 0.1) is 24.7 Å². The van der Waals surface area contributed by atoms with Crippen molar-refractivity contribution in [1.29, 1.82) is 0 Å². The van der Waals surface area contributed by atoms with Crippen LogP contribution in [0.5, 0.6) is 0 Å². The Morgan fingerprint density at radius 2 is 2.32 bits per heavy atom. The van der Waals surface area contributed by atoms with Crippen molar-refractivity contribution in [3.63, 3.8) is 0 Å². The molecule has 4 nitrogen and oxygen atoms in total. The molecule has 3 rings (SSSR count). The molecule has 0 amide bonds. The topological polar surface area (TPSA) is 41.3 Å². The van der Waals surface area contributed by atoms with Crippen LogP contribution in [0.1, 0.15) is 24.2 Å². The highest BCUT2D eigenvalue weighted by molar-refractivity contribution is 5.51. The molecule has 0 radical (unpaired) electrons. The molecule has 100 valence electrons. The van der Waals surface area contributed by atoms with Crippen LogP contribution in [0.2, 0.25) is 0 Å². The second-order valence-electron chi connectivity index (χ2n) is 5.09. The van der Waals surface area contributed by atoms with Gasteiger partial charge in [0.2, 0.25) is 0 Å². The highest BCUT2D eigenvalue weighted by Crippen LogP contribution is 2.23. The first-order chi connectivity index (χ1) is 9.33. The van der Waals surface area contributed by atoms with E-state index in [-0.39, 0.29) is 0 Å². The van der Waals surface area contributed by atoms with Crippen LogP contribution >= 0.6 is 0 Å². The average molecular weight is 257 g/mol. The molecule has 0 spiro atoms. The fraction of sp³-hybridized carbons (Fsp3) is 0.400. The zero-order valence-corrected chi connectivity index (χ0v) is 11.2. The summed E-state index contributed by atoms with van der Waals surface area (Å²) in [6.45, 7) is 1.67. The maximum absolute atomic E-state index is 5.40. The molecule has 1 saturated carbocycles. The summed E-state index contributed by atoms with van der Waals surface area (Å²) >= 11 is 0. The van der Waals surface area contributed by atoms with Gasteiger partial charge in [-0.3, -0.25) is 4.98 Å². The summed E-state index contributed by atoms with van der Waals surface area (Å²) < 4.78 is 5.40. The second kappa shape index (κ2) is 5.45. The van der Waals surface area contributed by atoms with Crippen LogP contribution in [0.3, 0.4) is 0 Å². The largest absolute Gasteiger partial charge is 0.467 e. The second-order valence-corrected chi connectivity index (χ2v) is 5.09. The van der Waals surface area contributed by atoms with Crippen molar-refractivity contribution >= 4 is 5.69 Å². The van der Waals surface area contributed by atoms with Crippen molar-refractivity contribution in [3.8, 4) is 0 Å². The third-order valence-electron chi connectivity index (χ3n) is 3.43. The van der Waals surface area contributed by atoms with E-state index < -0.39 is 0 Å². The minimum absolute atomic E-state index is 0.719. The Balaban J connectivity index is 1.70. The van der Waals surface area contributed by atoms with Gasteiger partial charge < -0.3 is 14.6 Å². The van der Waals surface area contributed by atoms with E-state index in [1.54, 1.807) is 6.26 Å². The molecular formula is C15H19N3O. The van der Waals surface area contributed by atoms with Crippen molar-refractivity contribution in [2.75, 3.05) is 11.9 Å². The van der Waals surface area contributed by atoms with Crippen molar-refractivity contribution in [3.05, 3.63) is 48.2 Å². The lowest BCUT2D eigenvalue weighted by atomic mass is 10.2. The molecule has 19 heavy (non-hydrogen) atoms.